The predicted molar refractivity (Wildman–Crippen MR) is 35.5 cm³/mol. The SMILES string of the molecule is O[C@@H]1CCC[C@@H](O)C1Cl. The van der Waals surface area contributed by atoms with Crippen molar-refractivity contribution < 1.29 is 10.2 Å². The zero-order valence-corrected chi connectivity index (χ0v) is 5.88. The van der Waals surface area contributed by atoms with E-state index < -0.39 is 17.6 Å². The van der Waals surface area contributed by atoms with Gasteiger partial charge in [0, 0.05) is 0 Å². The zero-order chi connectivity index (χ0) is 6.85. The van der Waals surface area contributed by atoms with Crippen LogP contribution < -0.4 is 0 Å². The number of hydrogen-bond donors (Lipinski definition) is 2. The zero-order valence-electron chi connectivity index (χ0n) is 5.13. The van der Waals surface area contributed by atoms with Crippen molar-refractivity contribution in [2.24, 2.45) is 0 Å². The van der Waals surface area contributed by atoms with Gasteiger partial charge in [-0.15, -0.1) is 11.6 Å². The van der Waals surface area contributed by atoms with E-state index in [4.69, 9.17) is 21.8 Å². The van der Waals surface area contributed by atoms with E-state index in [2.05, 4.69) is 0 Å². The Balaban J connectivity index is 2.41. The van der Waals surface area contributed by atoms with Gasteiger partial charge in [-0.25, -0.2) is 0 Å². The molecule has 2 nitrogen and oxygen atoms in total. The van der Waals surface area contributed by atoms with Gasteiger partial charge in [0.1, 0.15) is 0 Å². The average molecular weight is 151 g/mol. The maximum absolute atomic E-state index is 9.06. The highest BCUT2D eigenvalue weighted by Gasteiger charge is 2.28. The molecule has 0 aromatic carbocycles. The van der Waals surface area contributed by atoms with Crippen LogP contribution in [0.4, 0.5) is 0 Å². The van der Waals surface area contributed by atoms with E-state index in [1.54, 1.807) is 0 Å². The van der Waals surface area contributed by atoms with Crippen molar-refractivity contribution in [3.63, 3.8) is 0 Å². The molecule has 54 valence electrons. The van der Waals surface area contributed by atoms with Gasteiger partial charge >= 0.3 is 0 Å². The monoisotopic (exact) mass is 150 g/mol. The minimum absolute atomic E-state index is 0.446. The maximum atomic E-state index is 9.06. The highest BCUT2D eigenvalue weighted by atomic mass is 35.5. The summed E-state index contributed by atoms with van der Waals surface area (Å²) in [5.74, 6) is 0. The second kappa shape index (κ2) is 2.86. The molecule has 1 aliphatic rings. The van der Waals surface area contributed by atoms with Crippen molar-refractivity contribution in [2.45, 2.75) is 36.8 Å². The van der Waals surface area contributed by atoms with Crippen molar-refractivity contribution in [1.82, 2.24) is 0 Å². The molecule has 2 N–H and O–H groups in total. The fraction of sp³-hybridized carbons (Fsp3) is 1.00. The van der Waals surface area contributed by atoms with Crippen molar-refractivity contribution in [1.29, 1.82) is 0 Å². The van der Waals surface area contributed by atoms with Crippen molar-refractivity contribution in [3.8, 4) is 0 Å². The van der Waals surface area contributed by atoms with Gasteiger partial charge in [-0.3, -0.25) is 0 Å². The van der Waals surface area contributed by atoms with Crippen LogP contribution in [0.25, 0.3) is 0 Å². The third kappa shape index (κ3) is 1.57. The highest BCUT2D eigenvalue weighted by Crippen LogP contribution is 2.23. The lowest BCUT2D eigenvalue weighted by molar-refractivity contribution is 0.0458. The molecule has 1 fully saturated rings. The summed E-state index contributed by atoms with van der Waals surface area (Å²) in [5.41, 5.74) is 0. The van der Waals surface area contributed by atoms with Crippen molar-refractivity contribution in [2.75, 3.05) is 0 Å². The van der Waals surface area contributed by atoms with Crippen LogP contribution in [0, 0.1) is 0 Å². The Hall–Kier alpha value is 0.210. The first-order valence-corrected chi connectivity index (χ1v) is 3.65. The molecule has 9 heavy (non-hydrogen) atoms. The molecule has 0 saturated heterocycles. The van der Waals surface area contributed by atoms with E-state index in [1.165, 1.54) is 0 Å². The topological polar surface area (TPSA) is 40.5 Å². The summed E-state index contributed by atoms with van der Waals surface area (Å²) >= 11 is 5.62. The molecule has 0 unspecified atom stereocenters. The maximum Gasteiger partial charge on any atom is 0.0853 e. The molecular weight excluding hydrogens is 140 g/mol. The van der Waals surface area contributed by atoms with E-state index in [0.717, 1.165) is 19.3 Å². The minimum atomic E-state index is -0.504. The molecule has 2 atom stereocenters. The van der Waals surface area contributed by atoms with Gasteiger partial charge in [0.25, 0.3) is 0 Å². The third-order valence-corrected chi connectivity index (χ3v) is 2.32. The smallest absolute Gasteiger partial charge is 0.0853 e. The second-order valence-corrected chi connectivity index (χ2v) is 3.01. The Morgan fingerprint density at radius 1 is 1.11 bits per heavy atom. The van der Waals surface area contributed by atoms with E-state index in [9.17, 15) is 0 Å². The fourth-order valence-corrected chi connectivity index (χ4v) is 1.36. The second-order valence-electron chi connectivity index (χ2n) is 2.51. The molecule has 0 bridgehead atoms. The molecule has 3 heteroatoms. The Morgan fingerprint density at radius 3 is 1.89 bits per heavy atom. The van der Waals surface area contributed by atoms with Crippen LogP contribution in [-0.4, -0.2) is 27.8 Å². The van der Waals surface area contributed by atoms with Crippen LogP contribution in [0.5, 0.6) is 0 Å². The summed E-state index contributed by atoms with van der Waals surface area (Å²) in [7, 11) is 0. The van der Waals surface area contributed by atoms with Crippen molar-refractivity contribution >= 4 is 11.6 Å². The highest BCUT2D eigenvalue weighted by molar-refractivity contribution is 6.21. The molecule has 0 aromatic heterocycles. The molecule has 0 heterocycles. The van der Waals surface area contributed by atoms with Gasteiger partial charge in [-0.2, -0.15) is 0 Å². The molecule has 1 aliphatic carbocycles. The first kappa shape index (κ1) is 7.32. The molecule has 0 radical (unpaired) electrons. The van der Waals surface area contributed by atoms with E-state index in [-0.39, 0.29) is 0 Å². The normalized spacial score (nSPS) is 39.0. The van der Waals surface area contributed by atoms with Gasteiger partial charge in [0.2, 0.25) is 0 Å². The van der Waals surface area contributed by atoms with Crippen LogP contribution in [0.1, 0.15) is 19.3 Å². The Morgan fingerprint density at radius 2 is 1.56 bits per heavy atom. The molecule has 0 amide bonds. The molecule has 1 rings (SSSR count). The van der Waals surface area contributed by atoms with E-state index >= 15 is 0 Å². The van der Waals surface area contributed by atoms with Gasteiger partial charge < -0.3 is 10.2 Å². The molecule has 0 aliphatic heterocycles. The quantitative estimate of drug-likeness (QED) is 0.494. The predicted octanol–water partition coefficient (Wildman–Crippen LogP) is 0.499. The summed E-state index contributed by atoms with van der Waals surface area (Å²) in [5, 5.41) is 17.7. The average Bonchev–Trinajstić information content (AvgIpc) is 1.83. The lowest BCUT2D eigenvalue weighted by Gasteiger charge is -2.27. The Bertz CT molecular complexity index is 87.1. The van der Waals surface area contributed by atoms with Gasteiger partial charge in [-0.05, 0) is 19.3 Å². The van der Waals surface area contributed by atoms with Crippen LogP contribution >= 0.6 is 11.6 Å². The Kier molecular flexibility index (Phi) is 2.33. The summed E-state index contributed by atoms with van der Waals surface area (Å²) < 4.78 is 0. The van der Waals surface area contributed by atoms with E-state index in [1.807, 2.05) is 0 Å². The first-order valence-electron chi connectivity index (χ1n) is 3.22. The van der Waals surface area contributed by atoms with Gasteiger partial charge in [-0.1, -0.05) is 0 Å². The summed E-state index contributed by atoms with van der Waals surface area (Å²) in [6, 6.07) is 0. The minimum Gasteiger partial charge on any atom is -0.391 e. The number of alkyl halides is 1. The molecule has 0 spiro atoms. The van der Waals surface area contributed by atoms with Gasteiger partial charge in [0.15, 0.2) is 0 Å². The first-order chi connectivity index (χ1) is 4.22. The van der Waals surface area contributed by atoms with Crippen LogP contribution in [0.3, 0.4) is 0 Å². The van der Waals surface area contributed by atoms with E-state index in [0.29, 0.717) is 0 Å². The summed E-state index contributed by atoms with van der Waals surface area (Å²) in [6.07, 6.45) is 1.33. The molecule has 0 aromatic rings. The number of rotatable bonds is 0. The van der Waals surface area contributed by atoms with Crippen molar-refractivity contribution in [3.05, 3.63) is 0 Å². The molecule has 1 saturated carbocycles. The standard InChI is InChI=1S/C6H11ClO2/c7-6-4(8)2-1-3-5(6)9/h4-6,8-9H,1-3H2/t4-,5-/m1/s1. The van der Waals surface area contributed by atoms with Crippen LogP contribution in [0.15, 0.2) is 0 Å². The number of aliphatic hydroxyl groups excluding tert-OH is 2. The van der Waals surface area contributed by atoms with Crippen LogP contribution in [-0.2, 0) is 0 Å². The number of hydrogen-bond acceptors (Lipinski definition) is 2. The molecular formula is C6H11ClO2. The largest absolute Gasteiger partial charge is 0.391 e. The Labute approximate surface area is 59.4 Å². The number of halogens is 1. The van der Waals surface area contributed by atoms with Crippen LogP contribution in [0.2, 0.25) is 0 Å². The lowest BCUT2D eigenvalue weighted by Crippen LogP contribution is -2.36. The third-order valence-electron chi connectivity index (χ3n) is 1.73. The fourth-order valence-electron chi connectivity index (χ4n) is 1.11. The number of aliphatic hydroxyl groups is 2. The summed E-state index contributed by atoms with van der Waals surface area (Å²) in [6.45, 7) is 0. The lowest BCUT2D eigenvalue weighted by atomic mass is 9.95. The van der Waals surface area contributed by atoms with Gasteiger partial charge in [0.05, 0.1) is 17.6 Å². The summed E-state index contributed by atoms with van der Waals surface area (Å²) in [4.78, 5) is 0.